The van der Waals surface area contributed by atoms with E-state index in [9.17, 15) is 4.79 Å². The van der Waals surface area contributed by atoms with E-state index in [1.54, 1.807) is 19.3 Å². The lowest BCUT2D eigenvalue weighted by Crippen LogP contribution is -2.29. The Hall–Kier alpha value is -3.28. The van der Waals surface area contributed by atoms with E-state index in [2.05, 4.69) is 47.0 Å². The van der Waals surface area contributed by atoms with E-state index >= 15 is 0 Å². The number of benzene rings is 1. The van der Waals surface area contributed by atoms with E-state index in [1.807, 2.05) is 35.9 Å². The Bertz CT molecular complexity index is 1170. The normalized spacial score (nSPS) is 17.8. The molecular weight excluding hydrogens is 386 g/mol. The van der Waals surface area contributed by atoms with Crippen LogP contribution in [0.4, 0.5) is 0 Å². The summed E-state index contributed by atoms with van der Waals surface area (Å²) >= 11 is 0. The number of rotatable bonds is 6. The molecule has 0 aliphatic carbocycles. The highest BCUT2D eigenvalue weighted by Gasteiger charge is 2.36. The minimum Gasteiger partial charge on any atom is -0.367 e. The van der Waals surface area contributed by atoms with Crippen molar-refractivity contribution < 1.29 is 4.79 Å². The molecule has 1 aromatic carbocycles. The Labute approximate surface area is 183 Å². The van der Waals surface area contributed by atoms with Crippen LogP contribution in [-0.2, 0) is 6.54 Å². The smallest absolute Gasteiger partial charge is 0.180 e. The van der Waals surface area contributed by atoms with Crippen LogP contribution in [0.2, 0.25) is 0 Å². The van der Waals surface area contributed by atoms with E-state index in [0.29, 0.717) is 12.2 Å². The fraction of sp³-hybridized carbons (Fsp3) is 0.360. The predicted octanol–water partition coefficient (Wildman–Crippen LogP) is 4.80. The van der Waals surface area contributed by atoms with Crippen molar-refractivity contribution in [3.8, 4) is 11.1 Å². The van der Waals surface area contributed by atoms with Crippen molar-refractivity contribution in [2.24, 2.45) is 5.41 Å². The van der Waals surface area contributed by atoms with Crippen LogP contribution in [0.3, 0.4) is 0 Å². The van der Waals surface area contributed by atoms with Crippen molar-refractivity contribution in [1.29, 1.82) is 0 Å². The lowest BCUT2D eigenvalue weighted by atomic mass is 9.91. The SMILES string of the molecule is C=CC1CC(C)(C)CN1C(=C)Cn1nc(C(C)=O)c2cc(-c3cnc(C)nc3)ccc21. The molecule has 0 saturated carbocycles. The van der Waals surface area contributed by atoms with Gasteiger partial charge >= 0.3 is 0 Å². The van der Waals surface area contributed by atoms with Crippen molar-refractivity contribution in [3.05, 3.63) is 67.0 Å². The van der Waals surface area contributed by atoms with Gasteiger partial charge < -0.3 is 4.90 Å². The van der Waals surface area contributed by atoms with Crippen LogP contribution in [0.5, 0.6) is 0 Å². The van der Waals surface area contributed by atoms with Crippen LogP contribution < -0.4 is 0 Å². The van der Waals surface area contributed by atoms with Gasteiger partial charge in [0.15, 0.2) is 5.78 Å². The summed E-state index contributed by atoms with van der Waals surface area (Å²) in [5.41, 5.74) is 4.44. The summed E-state index contributed by atoms with van der Waals surface area (Å²) in [6.45, 7) is 17.8. The Kier molecular flexibility index (Phi) is 5.25. The maximum atomic E-state index is 12.3. The summed E-state index contributed by atoms with van der Waals surface area (Å²) in [5.74, 6) is 0.668. The average molecular weight is 416 g/mol. The summed E-state index contributed by atoms with van der Waals surface area (Å²) in [4.78, 5) is 23.2. The molecule has 0 radical (unpaired) electrons. The Morgan fingerprint density at radius 3 is 2.61 bits per heavy atom. The first-order valence-electron chi connectivity index (χ1n) is 10.6. The number of aryl methyl sites for hydroxylation is 1. The summed E-state index contributed by atoms with van der Waals surface area (Å²) in [6, 6.07) is 6.30. The predicted molar refractivity (Wildman–Crippen MR) is 124 cm³/mol. The summed E-state index contributed by atoms with van der Waals surface area (Å²) in [5, 5.41) is 5.49. The largest absolute Gasteiger partial charge is 0.367 e. The highest BCUT2D eigenvalue weighted by atomic mass is 16.1. The van der Waals surface area contributed by atoms with Gasteiger partial charge in [-0.25, -0.2) is 9.97 Å². The molecule has 1 aliphatic rings. The van der Waals surface area contributed by atoms with Crippen LogP contribution in [-0.4, -0.2) is 43.0 Å². The van der Waals surface area contributed by atoms with Gasteiger partial charge in [0.25, 0.3) is 0 Å². The quantitative estimate of drug-likeness (QED) is 0.427. The van der Waals surface area contributed by atoms with Crippen molar-refractivity contribution in [2.45, 2.75) is 46.7 Å². The molecule has 0 bridgehead atoms. The molecule has 1 fully saturated rings. The lowest BCUT2D eigenvalue weighted by molar-refractivity contribution is 0.101. The summed E-state index contributed by atoms with van der Waals surface area (Å²) < 4.78 is 1.88. The second-order valence-electron chi connectivity index (χ2n) is 9.18. The number of carbonyl (C=O) groups excluding carboxylic acids is 1. The first-order chi connectivity index (χ1) is 14.7. The lowest BCUT2D eigenvalue weighted by Gasteiger charge is -2.27. The number of fused-ring (bicyclic) bond motifs is 1. The molecule has 6 nitrogen and oxygen atoms in total. The number of Topliss-reactive ketones (excluding diaryl/α,β-unsaturated/α-hetero) is 1. The number of carbonyl (C=O) groups is 1. The van der Waals surface area contributed by atoms with Crippen LogP contribution >= 0.6 is 0 Å². The minimum atomic E-state index is -0.0575. The van der Waals surface area contributed by atoms with E-state index in [-0.39, 0.29) is 17.2 Å². The maximum Gasteiger partial charge on any atom is 0.180 e. The molecule has 6 heteroatoms. The van der Waals surface area contributed by atoms with Crippen LogP contribution in [0.25, 0.3) is 22.0 Å². The van der Waals surface area contributed by atoms with Gasteiger partial charge in [0.05, 0.1) is 12.1 Å². The zero-order chi connectivity index (χ0) is 22.3. The van der Waals surface area contributed by atoms with Gasteiger partial charge in [-0.2, -0.15) is 5.10 Å². The van der Waals surface area contributed by atoms with Gasteiger partial charge in [0, 0.05) is 48.6 Å². The summed E-state index contributed by atoms with van der Waals surface area (Å²) in [7, 11) is 0. The molecule has 31 heavy (non-hydrogen) atoms. The molecule has 0 spiro atoms. The van der Waals surface area contributed by atoms with Gasteiger partial charge in [-0.05, 0) is 36.5 Å². The van der Waals surface area contributed by atoms with Crippen molar-refractivity contribution >= 4 is 16.7 Å². The van der Waals surface area contributed by atoms with Crippen molar-refractivity contribution in [3.63, 3.8) is 0 Å². The highest BCUT2D eigenvalue weighted by molar-refractivity contribution is 6.05. The third-order valence-corrected chi connectivity index (χ3v) is 5.97. The first kappa shape index (κ1) is 21.0. The third-order valence-electron chi connectivity index (χ3n) is 5.97. The Morgan fingerprint density at radius 2 is 1.97 bits per heavy atom. The Balaban J connectivity index is 1.70. The van der Waals surface area contributed by atoms with Gasteiger partial charge in [0.2, 0.25) is 0 Å². The molecule has 160 valence electrons. The zero-order valence-electron chi connectivity index (χ0n) is 18.7. The van der Waals surface area contributed by atoms with Gasteiger partial charge in [-0.1, -0.05) is 32.6 Å². The number of likely N-dealkylation sites (tertiary alicyclic amines) is 1. The number of hydrogen-bond acceptors (Lipinski definition) is 5. The molecule has 3 aromatic rings. The number of nitrogens with zero attached hydrogens (tertiary/aromatic N) is 5. The number of ketones is 1. The van der Waals surface area contributed by atoms with Crippen LogP contribution in [0.15, 0.2) is 55.5 Å². The van der Waals surface area contributed by atoms with E-state index in [1.165, 1.54) is 0 Å². The molecule has 4 rings (SSSR count). The number of allylic oxidation sites excluding steroid dienone is 1. The van der Waals surface area contributed by atoms with Gasteiger partial charge in [-0.15, -0.1) is 6.58 Å². The molecule has 1 atom stereocenters. The molecule has 1 unspecified atom stereocenters. The average Bonchev–Trinajstić information content (AvgIpc) is 3.25. The van der Waals surface area contributed by atoms with E-state index in [0.717, 1.165) is 46.5 Å². The van der Waals surface area contributed by atoms with Gasteiger partial charge in [0.1, 0.15) is 11.5 Å². The number of hydrogen-bond donors (Lipinski definition) is 0. The molecule has 2 aromatic heterocycles. The minimum absolute atomic E-state index is 0.0575. The number of aromatic nitrogens is 4. The second-order valence-corrected chi connectivity index (χ2v) is 9.18. The maximum absolute atomic E-state index is 12.3. The molecule has 0 N–H and O–H groups in total. The van der Waals surface area contributed by atoms with Gasteiger partial charge in [-0.3, -0.25) is 9.48 Å². The summed E-state index contributed by atoms with van der Waals surface area (Å²) in [6.07, 6.45) is 6.65. The van der Waals surface area contributed by atoms with E-state index < -0.39 is 0 Å². The monoisotopic (exact) mass is 415 g/mol. The van der Waals surface area contributed by atoms with Crippen LogP contribution in [0, 0.1) is 12.3 Å². The molecular formula is C25H29N5O. The van der Waals surface area contributed by atoms with E-state index in [4.69, 9.17) is 0 Å². The standard InChI is InChI=1S/C25H29N5O/c1-7-21-11-25(5,6)15-29(21)16(2)14-30-23-9-8-19(20-12-26-18(4)27-13-20)10-22(23)24(28-30)17(3)31/h7-10,12-13,21H,1-2,11,14-15H2,3-6H3. The second kappa shape index (κ2) is 7.76. The molecule has 1 aliphatic heterocycles. The molecule has 1 saturated heterocycles. The van der Waals surface area contributed by atoms with Crippen molar-refractivity contribution in [2.75, 3.05) is 6.54 Å². The van der Waals surface area contributed by atoms with Crippen molar-refractivity contribution in [1.82, 2.24) is 24.6 Å². The fourth-order valence-corrected chi connectivity index (χ4v) is 4.42. The topological polar surface area (TPSA) is 63.9 Å². The molecule has 0 amide bonds. The Morgan fingerprint density at radius 1 is 1.26 bits per heavy atom. The van der Waals surface area contributed by atoms with Crippen LogP contribution in [0.1, 0.15) is 43.5 Å². The zero-order valence-corrected chi connectivity index (χ0v) is 18.7. The fourth-order valence-electron chi connectivity index (χ4n) is 4.42. The first-order valence-corrected chi connectivity index (χ1v) is 10.6. The third kappa shape index (κ3) is 4.02. The molecule has 3 heterocycles. The highest BCUT2D eigenvalue weighted by Crippen LogP contribution is 2.37.